The molecule has 2 aliphatic rings. The van der Waals surface area contributed by atoms with Crippen LogP contribution in [0.25, 0.3) is 11.4 Å². The fraction of sp³-hybridized carbons (Fsp3) is 0.591. The van der Waals surface area contributed by atoms with Crippen molar-refractivity contribution in [3.05, 3.63) is 35.7 Å². The Hall–Kier alpha value is -2.17. The number of hydrogen-bond acceptors (Lipinski definition) is 4. The lowest BCUT2D eigenvalue weighted by Gasteiger charge is -2.29. The van der Waals surface area contributed by atoms with Gasteiger partial charge in [-0.25, -0.2) is 0 Å². The van der Waals surface area contributed by atoms with Crippen LogP contribution < -0.4 is 0 Å². The molecule has 1 aromatic carbocycles. The van der Waals surface area contributed by atoms with Crippen molar-refractivity contribution in [2.45, 2.75) is 83.2 Å². The van der Waals surface area contributed by atoms with Crippen molar-refractivity contribution >= 4 is 5.91 Å². The standard InChI is InChI=1S/C22H29N3O2/c1-15(2)16-7-9-17(10-8-16)22-23-20(27-24-22)13-14-21(26)25(19-11-12-19)18-5-3-4-6-18/h7-10,15,18-19H,3-6,11-14H2,1-2H3. The van der Waals surface area contributed by atoms with Gasteiger partial charge in [-0.3, -0.25) is 4.79 Å². The van der Waals surface area contributed by atoms with E-state index in [1.165, 1.54) is 44.1 Å². The lowest BCUT2D eigenvalue weighted by molar-refractivity contribution is -0.134. The molecule has 0 unspecified atom stereocenters. The SMILES string of the molecule is CC(C)c1ccc(-c2noc(CCC(=O)N(C3CCCC3)C3CC3)n2)cc1. The maximum Gasteiger partial charge on any atom is 0.227 e. The first-order valence-electron chi connectivity index (χ1n) is 10.4. The Morgan fingerprint density at radius 3 is 2.41 bits per heavy atom. The van der Waals surface area contributed by atoms with Gasteiger partial charge in [-0.15, -0.1) is 0 Å². The molecule has 2 fully saturated rings. The summed E-state index contributed by atoms with van der Waals surface area (Å²) >= 11 is 0. The summed E-state index contributed by atoms with van der Waals surface area (Å²) in [5.74, 6) is 1.90. The molecule has 1 aromatic heterocycles. The molecule has 2 aliphatic carbocycles. The van der Waals surface area contributed by atoms with Crippen molar-refractivity contribution in [2.24, 2.45) is 0 Å². The van der Waals surface area contributed by atoms with E-state index in [0.717, 1.165) is 5.56 Å². The molecule has 0 saturated heterocycles. The van der Waals surface area contributed by atoms with E-state index >= 15 is 0 Å². The van der Waals surface area contributed by atoms with Crippen LogP contribution in [0.5, 0.6) is 0 Å². The Morgan fingerprint density at radius 1 is 1.11 bits per heavy atom. The van der Waals surface area contributed by atoms with E-state index in [0.29, 0.717) is 42.6 Å². The third-order valence-electron chi connectivity index (χ3n) is 5.80. The molecule has 2 aromatic rings. The maximum atomic E-state index is 12.8. The van der Waals surface area contributed by atoms with Crippen LogP contribution in [0.1, 0.15) is 76.2 Å². The molecule has 0 spiro atoms. The number of aromatic nitrogens is 2. The largest absolute Gasteiger partial charge is 0.339 e. The van der Waals surface area contributed by atoms with Crippen LogP contribution >= 0.6 is 0 Å². The molecule has 4 rings (SSSR count). The van der Waals surface area contributed by atoms with Gasteiger partial charge in [0.15, 0.2) is 0 Å². The molecule has 0 radical (unpaired) electrons. The third kappa shape index (κ3) is 4.23. The van der Waals surface area contributed by atoms with Crippen molar-refractivity contribution in [2.75, 3.05) is 0 Å². The van der Waals surface area contributed by atoms with E-state index in [2.05, 4.69) is 41.0 Å². The van der Waals surface area contributed by atoms with Crippen LogP contribution in [0.3, 0.4) is 0 Å². The zero-order valence-corrected chi connectivity index (χ0v) is 16.4. The number of aryl methyl sites for hydroxylation is 1. The number of benzene rings is 1. The molecule has 144 valence electrons. The Kier molecular flexibility index (Phi) is 5.28. The van der Waals surface area contributed by atoms with Crippen LogP contribution in [0.2, 0.25) is 0 Å². The van der Waals surface area contributed by atoms with E-state index in [1.807, 2.05) is 12.1 Å². The monoisotopic (exact) mass is 367 g/mol. The quantitative estimate of drug-likeness (QED) is 0.710. The van der Waals surface area contributed by atoms with Crippen LogP contribution in [-0.4, -0.2) is 33.0 Å². The highest BCUT2D eigenvalue weighted by atomic mass is 16.5. The van der Waals surface area contributed by atoms with E-state index < -0.39 is 0 Å². The van der Waals surface area contributed by atoms with Gasteiger partial charge < -0.3 is 9.42 Å². The Balaban J connectivity index is 1.36. The van der Waals surface area contributed by atoms with Gasteiger partial charge in [0.1, 0.15) is 0 Å². The summed E-state index contributed by atoms with van der Waals surface area (Å²) < 4.78 is 5.40. The first-order valence-corrected chi connectivity index (χ1v) is 10.4. The maximum absolute atomic E-state index is 12.8. The average molecular weight is 367 g/mol. The lowest BCUT2D eigenvalue weighted by Crippen LogP contribution is -2.40. The van der Waals surface area contributed by atoms with Gasteiger partial charge in [-0.2, -0.15) is 4.98 Å². The van der Waals surface area contributed by atoms with E-state index in [-0.39, 0.29) is 5.91 Å². The summed E-state index contributed by atoms with van der Waals surface area (Å²) in [5, 5.41) is 4.10. The minimum atomic E-state index is 0.255. The molecule has 5 heteroatoms. The van der Waals surface area contributed by atoms with E-state index in [9.17, 15) is 4.79 Å². The second-order valence-corrected chi connectivity index (χ2v) is 8.26. The predicted octanol–water partition coefficient (Wildman–Crippen LogP) is 4.73. The van der Waals surface area contributed by atoms with Gasteiger partial charge in [0, 0.05) is 30.5 Å². The van der Waals surface area contributed by atoms with Crippen molar-refractivity contribution in [1.82, 2.24) is 15.0 Å². The summed E-state index contributed by atoms with van der Waals surface area (Å²) in [6.45, 7) is 4.35. The molecular weight excluding hydrogens is 338 g/mol. The zero-order chi connectivity index (χ0) is 18.8. The summed E-state index contributed by atoms with van der Waals surface area (Å²) in [6, 6.07) is 9.22. The highest BCUT2D eigenvalue weighted by Gasteiger charge is 2.38. The van der Waals surface area contributed by atoms with Crippen molar-refractivity contribution < 1.29 is 9.32 Å². The Bertz CT molecular complexity index is 771. The molecule has 2 saturated carbocycles. The molecule has 27 heavy (non-hydrogen) atoms. The molecule has 5 nitrogen and oxygen atoms in total. The van der Waals surface area contributed by atoms with Gasteiger partial charge in [0.05, 0.1) is 0 Å². The summed E-state index contributed by atoms with van der Waals surface area (Å²) in [4.78, 5) is 19.5. The number of hydrogen-bond donors (Lipinski definition) is 0. The predicted molar refractivity (Wildman–Crippen MR) is 104 cm³/mol. The molecule has 0 bridgehead atoms. The van der Waals surface area contributed by atoms with E-state index in [1.54, 1.807) is 0 Å². The van der Waals surface area contributed by atoms with Crippen LogP contribution in [0.4, 0.5) is 0 Å². The molecular formula is C22H29N3O2. The fourth-order valence-corrected chi connectivity index (χ4v) is 4.07. The van der Waals surface area contributed by atoms with Gasteiger partial charge in [-0.1, -0.05) is 56.1 Å². The topological polar surface area (TPSA) is 59.2 Å². The highest BCUT2D eigenvalue weighted by molar-refractivity contribution is 5.77. The average Bonchev–Trinajstić information content (AvgIpc) is 3.16. The number of rotatable bonds is 7. The third-order valence-corrected chi connectivity index (χ3v) is 5.80. The fourth-order valence-electron chi connectivity index (χ4n) is 4.07. The second kappa shape index (κ2) is 7.83. The molecule has 1 amide bonds. The zero-order valence-electron chi connectivity index (χ0n) is 16.4. The summed E-state index contributed by atoms with van der Waals surface area (Å²) in [7, 11) is 0. The minimum absolute atomic E-state index is 0.255. The number of carbonyl (C=O) groups excluding carboxylic acids is 1. The molecule has 0 atom stereocenters. The van der Waals surface area contributed by atoms with Crippen LogP contribution in [0, 0.1) is 0 Å². The van der Waals surface area contributed by atoms with Gasteiger partial charge in [-0.05, 0) is 37.2 Å². The van der Waals surface area contributed by atoms with Gasteiger partial charge in [0.2, 0.25) is 17.6 Å². The Morgan fingerprint density at radius 2 is 1.78 bits per heavy atom. The lowest BCUT2D eigenvalue weighted by atomic mass is 10.0. The Labute approximate surface area is 161 Å². The number of carbonyl (C=O) groups is 1. The molecule has 1 heterocycles. The minimum Gasteiger partial charge on any atom is -0.339 e. The molecule has 0 aliphatic heterocycles. The van der Waals surface area contributed by atoms with Crippen molar-refractivity contribution in [1.29, 1.82) is 0 Å². The summed E-state index contributed by atoms with van der Waals surface area (Å²) in [5.41, 5.74) is 2.24. The second-order valence-electron chi connectivity index (χ2n) is 8.26. The molecule has 0 N–H and O–H groups in total. The highest BCUT2D eigenvalue weighted by Crippen LogP contribution is 2.35. The van der Waals surface area contributed by atoms with Gasteiger partial charge in [0.25, 0.3) is 0 Å². The van der Waals surface area contributed by atoms with Gasteiger partial charge >= 0.3 is 0 Å². The van der Waals surface area contributed by atoms with Crippen molar-refractivity contribution in [3.63, 3.8) is 0 Å². The van der Waals surface area contributed by atoms with Crippen LogP contribution in [-0.2, 0) is 11.2 Å². The first-order chi connectivity index (χ1) is 13.1. The number of nitrogens with zero attached hydrogens (tertiary/aromatic N) is 3. The van der Waals surface area contributed by atoms with E-state index in [4.69, 9.17) is 4.52 Å². The van der Waals surface area contributed by atoms with Crippen molar-refractivity contribution in [3.8, 4) is 11.4 Å². The first kappa shape index (κ1) is 18.2. The summed E-state index contributed by atoms with van der Waals surface area (Å²) in [6.07, 6.45) is 8.15. The number of amides is 1. The smallest absolute Gasteiger partial charge is 0.227 e. The van der Waals surface area contributed by atoms with Crippen LogP contribution in [0.15, 0.2) is 28.8 Å². The normalized spacial score (nSPS) is 17.6.